The van der Waals surface area contributed by atoms with Crippen molar-refractivity contribution >= 4 is 28.8 Å². The van der Waals surface area contributed by atoms with Gasteiger partial charge in [0.1, 0.15) is 5.52 Å². The van der Waals surface area contributed by atoms with Gasteiger partial charge >= 0.3 is 0 Å². The number of carbonyl (C=O) groups is 3. The van der Waals surface area contributed by atoms with Crippen LogP contribution in [0.2, 0.25) is 0 Å². The molecule has 9 nitrogen and oxygen atoms in total. The number of amides is 3. The first-order valence-electron chi connectivity index (χ1n) is 11.5. The summed E-state index contributed by atoms with van der Waals surface area (Å²) in [7, 11) is 1.58. The summed E-state index contributed by atoms with van der Waals surface area (Å²) in [6.45, 7) is 1.78. The molecule has 178 valence electrons. The molecule has 34 heavy (non-hydrogen) atoms. The lowest BCUT2D eigenvalue weighted by Crippen LogP contribution is -2.43. The highest BCUT2D eigenvalue weighted by atomic mass is 16.5. The summed E-state index contributed by atoms with van der Waals surface area (Å²) in [6, 6.07) is 16.8. The molecule has 0 saturated carbocycles. The number of carbonyl (C=O) groups excluding carboxylic acids is 3. The Bertz CT molecular complexity index is 1160. The second kappa shape index (κ2) is 10.6. The van der Waals surface area contributed by atoms with Crippen LogP contribution in [0.25, 0.3) is 11.0 Å². The van der Waals surface area contributed by atoms with Crippen molar-refractivity contribution in [2.24, 2.45) is 0 Å². The van der Waals surface area contributed by atoms with Crippen LogP contribution in [0.5, 0.6) is 0 Å². The average Bonchev–Trinajstić information content (AvgIpc) is 3.37. The van der Waals surface area contributed by atoms with Crippen LogP contribution in [0, 0.1) is 0 Å². The van der Waals surface area contributed by atoms with Gasteiger partial charge in [0.15, 0.2) is 0 Å². The van der Waals surface area contributed by atoms with Gasteiger partial charge < -0.3 is 10.1 Å². The summed E-state index contributed by atoms with van der Waals surface area (Å²) < 4.78 is 6.86. The van der Waals surface area contributed by atoms with Crippen molar-refractivity contribution in [3.8, 4) is 0 Å². The van der Waals surface area contributed by atoms with Crippen molar-refractivity contribution in [1.82, 2.24) is 25.2 Å². The first-order chi connectivity index (χ1) is 16.5. The smallest absolute Gasteiger partial charge is 0.240 e. The number of hydrogen-bond donors (Lipinski definition) is 1. The van der Waals surface area contributed by atoms with E-state index in [1.165, 1.54) is 4.90 Å². The van der Waals surface area contributed by atoms with Crippen molar-refractivity contribution in [3.63, 3.8) is 0 Å². The van der Waals surface area contributed by atoms with Crippen LogP contribution < -0.4 is 5.32 Å². The van der Waals surface area contributed by atoms with E-state index in [4.69, 9.17) is 4.74 Å². The third kappa shape index (κ3) is 4.84. The molecule has 1 aliphatic rings. The lowest BCUT2D eigenvalue weighted by Gasteiger charge is -2.27. The molecule has 9 heteroatoms. The maximum atomic E-state index is 13.4. The van der Waals surface area contributed by atoms with Crippen molar-refractivity contribution in [3.05, 3.63) is 60.2 Å². The molecule has 1 N–H and O–H groups in total. The molecule has 1 fully saturated rings. The third-order valence-electron chi connectivity index (χ3n) is 6.22. The van der Waals surface area contributed by atoms with Gasteiger partial charge in [-0.1, -0.05) is 47.7 Å². The predicted molar refractivity (Wildman–Crippen MR) is 126 cm³/mol. The number of rotatable bonds is 11. The number of methoxy groups -OCH3 is 1. The van der Waals surface area contributed by atoms with Crippen LogP contribution in [-0.4, -0.2) is 64.4 Å². The molecule has 0 unspecified atom stereocenters. The van der Waals surface area contributed by atoms with Crippen LogP contribution in [0.15, 0.2) is 54.6 Å². The van der Waals surface area contributed by atoms with Gasteiger partial charge in [0.25, 0.3) is 0 Å². The topological polar surface area (TPSA) is 106 Å². The van der Waals surface area contributed by atoms with Crippen LogP contribution in [0.4, 0.5) is 0 Å². The maximum Gasteiger partial charge on any atom is 0.240 e. The molecule has 4 rings (SSSR count). The molecule has 1 saturated heterocycles. The number of nitrogens with one attached hydrogen (secondary N) is 1. The zero-order valence-corrected chi connectivity index (χ0v) is 19.3. The van der Waals surface area contributed by atoms with E-state index < -0.39 is 5.41 Å². The Kier molecular flexibility index (Phi) is 7.32. The first-order valence-corrected chi connectivity index (χ1v) is 11.5. The molecule has 0 bridgehead atoms. The van der Waals surface area contributed by atoms with Crippen LogP contribution in [0.1, 0.15) is 31.2 Å². The number of nitrogens with zero attached hydrogens (tertiary/aromatic N) is 4. The van der Waals surface area contributed by atoms with Crippen molar-refractivity contribution < 1.29 is 19.1 Å². The minimum Gasteiger partial charge on any atom is -0.385 e. The summed E-state index contributed by atoms with van der Waals surface area (Å²) in [6.07, 6.45) is 1.13. The minimum absolute atomic E-state index is 0.0127. The number of aromatic nitrogens is 3. The molecule has 0 spiro atoms. The molecule has 0 aliphatic carbocycles. The quantitative estimate of drug-likeness (QED) is 0.345. The predicted octanol–water partition coefficient (Wildman–Crippen LogP) is 2.06. The first kappa shape index (κ1) is 23.6. The summed E-state index contributed by atoms with van der Waals surface area (Å²) in [4.78, 5) is 40.4. The largest absolute Gasteiger partial charge is 0.385 e. The van der Waals surface area contributed by atoms with E-state index >= 15 is 0 Å². The lowest BCUT2D eigenvalue weighted by molar-refractivity contribution is -0.141. The number of likely N-dealkylation sites (tertiary alicyclic amines) is 1. The fraction of sp³-hybridized carbons (Fsp3) is 0.400. The molecular formula is C25H29N5O4. The summed E-state index contributed by atoms with van der Waals surface area (Å²) >= 11 is 0. The van der Waals surface area contributed by atoms with Gasteiger partial charge in [0.2, 0.25) is 17.7 Å². The molecule has 3 aromatic rings. The molecule has 1 aromatic heterocycles. The maximum absolute atomic E-state index is 13.4. The lowest BCUT2D eigenvalue weighted by atomic mass is 9.75. The van der Waals surface area contributed by atoms with E-state index in [9.17, 15) is 14.4 Å². The van der Waals surface area contributed by atoms with Gasteiger partial charge in [-0.2, -0.15) is 0 Å². The zero-order valence-electron chi connectivity index (χ0n) is 19.3. The Labute approximate surface area is 198 Å². The van der Waals surface area contributed by atoms with Crippen molar-refractivity contribution in [2.45, 2.75) is 37.6 Å². The van der Waals surface area contributed by atoms with Gasteiger partial charge in [-0.05, 0) is 30.5 Å². The van der Waals surface area contributed by atoms with Gasteiger partial charge in [0.05, 0.1) is 10.9 Å². The van der Waals surface area contributed by atoms with E-state index in [0.29, 0.717) is 38.1 Å². The Hall–Kier alpha value is -3.59. The number of imide groups is 1. The Morgan fingerprint density at radius 3 is 2.62 bits per heavy atom. The van der Waals surface area contributed by atoms with Crippen molar-refractivity contribution in [1.29, 1.82) is 0 Å². The highest BCUT2D eigenvalue weighted by Gasteiger charge is 2.53. The molecule has 0 radical (unpaired) electrons. The van der Waals surface area contributed by atoms with Crippen LogP contribution in [-0.2, 0) is 31.1 Å². The monoisotopic (exact) mass is 463 g/mol. The number of benzene rings is 2. The molecule has 1 atom stereocenters. The van der Waals surface area contributed by atoms with Gasteiger partial charge in [-0.15, -0.1) is 5.10 Å². The Balaban J connectivity index is 1.40. The van der Waals surface area contributed by atoms with E-state index in [1.54, 1.807) is 7.11 Å². The van der Waals surface area contributed by atoms with Crippen LogP contribution in [0.3, 0.4) is 0 Å². The van der Waals surface area contributed by atoms with E-state index in [-0.39, 0.29) is 37.1 Å². The third-order valence-corrected chi connectivity index (χ3v) is 6.22. The summed E-state index contributed by atoms with van der Waals surface area (Å²) in [5, 5.41) is 11.2. The van der Waals surface area contributed by atoms with E-state index in [2.05, 4.69) is 15.6 Å². The minimum atomic E-state index is -1.18. The average molecular weight is 464 g/mol. The van der Waals surface area contributed by atoms with Gasteiger partial charge in [-0.3, -0.25) is 19.3 Å². The fourth-order valence-corrected chi connectivity index (χ4v) is 4.49. The normalized spacial score (nSPS) is 18.1. The number of para-hydroxylation sites is 1. The van der Waals surface area contributed by atoms with Crippen LogP contribution >= 0.6 is 0 Å². The number of hydrogen-bond acceptors (Lipinski definition) is 6. The van der Waals surface area contributed by atoms with Crippen molar-refractivity contribution in [2.75, 3.05) is 26.8 Å². The second-order valence-corrected chi connectivity index (χ2v) is 8.50. The summed E-state index contributed by atoms with van der Waals surface area (Å²) in [5.74, 6) is -0.827. The standard InChI is InChI=1S/C25H29N5O4/c1-34-16-8-14-29-23(32)18-25(24(29)33,19-9-3-2-4-10-19)17-22(31)26-13-7-15-30-21-12-6-5-11-20(21)27-28-30/h2-6,9-12H,7-8,13-18H2,1H3,(H,26,31)/t25-/m1/s1. The SMILES string of the molecule is COCCCN1C(=O)C[C@](CC(=O)NCCCn2nnc3ccccc32)(c2ccccc2)C1=O. The number of aryl methyl sites for hydroxylation is 1. The highest BCUT2D eigenvalue weighted by molar-refractivity contribution is 6.10. The molecule has 1 aliphatic heterocycles. The molecule has 3 amide bonds. The van der Waals surface area contributed by atoms with Gasteiger partial charge in [-0.25, -0.2) is 4.68 Å². The van der Waals surface area contributed by atoms with Gasteiger partial charge in [0, 0.05) is 46.2 Å². The zero-order chi connectivity index (χ0) is 24.0. The van der Waals surface area contributed by atoms with E-state index in [1.807, 2.05) is 59.3 Å². The summed E-state index contributed by atoms with van der Waals surface area (Å²) in [5.41, 5.74) is 1.28. The Morgan fingerprint density at radius 2 is 1.82 bits per heavy atom. The number of fused-ring (bicyclic) bond motifs is 1. The molecular weight excluding hydrogens is 434 g/mol. The second-order valence-electron chi connectivity index (χ2n) is 8.50. The molecule has 2 aromatic carbocycles. The fourth-order valence-electron chi connectivity index (χ4n) is 4.49. The van der Waals surface area contributed by atoms with E-state index in [0.717, 1.165) is 11.0 Å². The molecule has 2 heterocycles. The number of ether oxygens (including phenoxy) is 1. The Morgan fingerprint density at radius 1 is 1.06 bits per heavy atom. The highest BCUT2D eigenvalue weighted by Crippen LogP contribution is 2.39.